The van der Waals surface area contributed by atoms with Crippen LogP contribution in [0.1, 0.15) is 91.2 Å². The van der Waals surface area contributed by atoms with Gasteiger partial charge in [-0.05, 0) is 106 Å². The second kappa shape index (κ2) is 14.2. The van der Waals surface area contributed by atoms with Crippen molar-refractivity contribution in [1.82, 2.24) is 9.97 Å². The van der Waals surface area contributed by atoms with E-state index in [1.807, 2.05) is 0 Å². The van der Waals surface area contributed by atoms with Crippen LogP contribution in [0.2, 0.25) is 0 Å². The number of methoxy groups -OCH3 is 1. The first kappa shape index (κ1) is 33.4. The molecule has 2 heterocycles. The van der Waals surface area contributed by atoms with E-state index < -0.39 is 29.7 Å². The van der Waals surface area contributed by atoms with Crippen molar-refractivity contribution in [3.05, 3.63) is 76.7 Å². The molecule has 1 N–H and O–H groups in total. The summed E-state index contributed by atoms with van der Waals surface area (Å²) in [4.78, 5) is 37.3. The summed E-state index contributed by atoms with van der Waals surface area (Å²) in [5.74, 6) is -1.25. The molecule has 0 unspecified atom stereocenters. The van der Waals surface area contributed by atoms with Gasteiger partial charge >= 0.3 is 12.1 Å². The zero-order chi connectivity index (χ0) is 33.0. The lowest BCUT2D eigenvalue weighted by Crippen LogP contribution is -2.47. The summed E-state index contributed by atoms with van der Waals surface area (Å²) in [6.07, 6.45) is 1.73. The van der Waals surface area contributed by atoms with Crippen LogP contribution in [0.5, 0.6) is 11.6 Å². The second-order valence-electron chi connectivity index (χ2n) is 12.5. The van der Waals surface area contributed by atoms with Crippen molar-refractivity contribution in [3.63, 3.8) is 0 Å². The van der Waals surface area contributed by atoms with Crippen molar-refractivity contribution in [2.24, 2.45) is 11.8 Å². The largest absolute Gasteiger partial charge is 0.465 e. The Morgan fingerprint density at radius 3 is 2.37 bits per heavy atom. The predicted molar refractivity (Wildman–Crippen MR) is 166 cm³/mol. The molecule has 2 aliphatic rings. The van der Waals surface area contributed by atoms with E-state index >= 15 is 0 Å². The quantitative estimate of drug-likeness (QED) is 0.256. The molecule has 0 spiro atoms. The van der Waals surface area contributed by atoms with Crippen molar-refractivity contribution in [2.75, 3.05) is 12.0 Å². The third-order valence-corrected chi connectivity index (χ3v) is 9.03. The third-order valence-electron chi connectivity index (χ3n) is 9.03. The number of benzene rings is 1. The van der Waals surface area contributed by atoms with Crippen LogP contribution >= 0.6 is 0 Å². The van der Waals surface area contributed by atoms with E-state index in [4.69, 9.17) is 9.47 Å². The summed E-state index contributed by atoms with van der Waals surface area (Å²) in [5, 5.41) is 10.2. The average Bonchev–Trinajstić information content (AvgIpc) is 3.02. The lowest BCUT2D eigenvalue weighted by molar-refractivity contribution is -0.139. The zero-order valence-corrected chi connectivity index (χ0v) is 26.3. The maximum absolute atomic E-state index is 14.2. The first-order valence-electron chi connectivity index (χ1n) is 15.8. The number of ether oxygens (including phenoxy) is 2. The molecule has 0 bridgehead atoms. The third kappa shape index (κ3) is 7.86. The smallest absolute Gasteiger partial charge is 0.421 e. The highest BCUT2D eigenvalue weighted by Gasteiger charge is 2.38. The molecule has 0 saturated heterocycles. The van der Waals surface area contributed by atoms with Crippen molar-refractivity contribution >= 4 is 17.6 Å². The summed E-state index contributed by atoms with van der Waals surface area (Å²) in [6, 6.07) is 10.3. The Hall–Kier alpha value is -3.99. The number of carbonyl (C=O) groups is 2. The molecular formula is C35H40F3N3O5. The van der Waals surface area contributed by atoms with E-state index in [0.717, 1.165) is 37.4 Å². The standard InChI is InChI=1S/C35H40F3N3O5/c1-21-7-9-24(10-8-21)33(43)41(26-11-13-27(42)14-12-26)31-16-15-28(19-29(31)34(44)45-3)46-32-30(35(36,37)38)18-23(20-39-32)17-25-6-4-5-22(2)40-25/h4-6,15-16,18-21,24,26-27,42H,7-14,17H2,1-3H3. The summed E-state index contributed by atoms with van der Waals surface area (Å²) in [6.45, 7) is 3.97. The lowest BCUT2D eigenvalue weighted by atomic mass is 9.81. The number of aliphatic hydroxyl groups is 1. The van der Waals surface area contributed by atoms with E-state index in [-0.39, 0.29) is 35.6 Å². The monoisotopic (exact) mass is 639 g/mol. The first-order valence-corrected chi connectivity index (χ1v) is 15.8. The number of hydrogen-bond acceptors (Lipinski definition) is 7. The average molecular weight is 640 g/mol. The second-order valence-corrected chi connectivity index (χ2v) is 12.5. The molecular weight excluding hydrogens is 599 g/mol. The highest BCUT2D eigenvalue weighted by Crippen LogP contribution is 2.40. The fourth-order valence-electron chi connectivity index (χ4n) is 6.47. The number of aryl methyl sites for hydroxylation is 1. The van der Waals surface area contributed by atoms with E-state index in [1.165, 1.54) is 31.5 Å². The molecule has 246 valence electrons. The highest BCUT2D eigenvalue weighted by molar-refractivity contribution is 6.04. The number of pyridine rings is 2. The van der Waals surface area contributed by atoms with Gasteiger partial charge in [-0.1, -0.05) is 13.0 Å². The van der Waals surface area contributed by atoms with E-state index in [9.17, 15) is 27.9 Å². The Balaban J connectivity index is 1.49. The van der Waals surface area contributed by atoms with E-state index in [1.54, 1.807) is 30.0 Å². The van der Waals surface area contributed by atoms with E-state index in [2.05, 4.69) is 16.9 Å². The van der Waals surface area contributed by atoms with Crippen LogP contribution in [0, 0.1) is 18.8 Å². The maximum Gasteiger partial charge on any atom is 0.421 e. The van der Waals surface area contributed by atoms with Crippen LogP contribution in [0.15, 0.2) is 48.7 Å². The maximum atomic E-state index is 14.2. The molecule has 2 aromatic heterocycles. The summed E-state index contributed by atoms with van der Waals surface area (Å²) >= 11 is 0. The highest BCUT2D eigenvalue weighted by atomic mass is 19.4. The van der Waals surface area contributed by atoms with Gasteiger partial charge in [0.25, 0.3) is 0 Å². The molecule has 0 radical (unpaired) electrons. The number of alkyl halides is 3. The Bertz CT molecular complexity index is 1550. The van der Waals surface area contributed by atoms with Crippen LogP contribution in [-0.4, -0.2) is 46.2 Å². The van der Waals surface area contributed by atoms with Crippen LogP contribution in [-0.2, 0) is 22.1 Å². The van der Waals surface area contributed by atoms with Crippen molar-refractivity contribution in [2.45, 2.75) is 90.0 Å². The predicted octanol–water partition coefficient (Wildman–Crippen LogP) is 7.44. The minimum atomic E-state index is -4.77. The van der Waals surface area contributed by atoms with Crippen LogP contribution in [0.3, 0.4) is 0 Å². The van der Waals surface area contributed by atoms with Gasteiger partial charge in [-0.15, -0.1) is 0 Å². The van der Waals surface area contributed by atoms with Gasteiger partial charge in [0, 0.05) is 36.0 Å². The van der Waals surface area contributed by atoms with Crippen LogP contribution in [0.25, 0.3) is 0 Å². The number of carbonyl (C=O) groups excluding carboxylic acids is 2. The lowest BCUT2D eigenvalue weighted by Gasteiger charge is -2.39. The molecule has 11 heteroatoms. The number of anilines is 1. The molecule has 46 heavy (non-hydrogen) atoms. The minimum Gasteiger partial charge on any atom is -0.465 e. The molecule has 3 aromatic rings. The number of esters is 1. The molecule has 2 saturated carbocycles. The fraction of sp³-hybridized carbons (Fsp3) is 0.486. The van der Waals surface area contributed by atoms with Gasteiger partial charge in [-0.2, -0.15) is 13.2 Å². The van der Waals surface area contributed by atoms with Gasteiger partial charge in [0.2, 0.25) is 11.8 Å². The number of nitrogens with zero attached hydrogens (tertiary/aromatic N) is 3. The molecule has 1 aromatic carbocycles. The van der Waals surface area contributed by atoms with Crippen molar-refractivity contribution < 1.29 is 37.3 Å². The molecule has 0 atom stereocenters. The number of hydrogen-bond donors (Lipinski definition) is 1. The topological polar surface area (TPSA) is 102 Å². The summed E-state index contributed by atoms with van der Waals surface area (Å²) in [5.41, 5.74) is 0.920. The van der Waals surface area contributed by atoms with E-state index in [0.29, 0.717) is 48.5 Å². The Labute approximate surface area is 267 Å². The Morgan fingerprint density at radius 1 is 1.00 bits per heavy atom. The van der Waals surface area contributed by atoms with Gasteiger partial charge < -0.3 is 19.5 Å². The SMILES string of the molecule is COC(=O)c1cc(Oc2ncc(Cc3cccc(C)n3)cc2C(F)(F)F)ccc1N(C(=O)C1CCC(C)CC1)C1CCC(O)CC1. The van der Waals surface area contributed by atoms with Gasteiger partial charge in [0.15, 0.2) is 0 Å². The number of halogens is 3. The number of aromatic nitrogens is 2. The van der Waals surface area contributed by atoms with Gasteiger partial charge in [0.1, 0.15) is 11.3 Å². The molecule has 5 rings (SSSR count). The number of amides is 1. The van der Waals surface area contributed by atoms with Crippen molar-refractivity contribution in [1.29, 1.82) is 0 Å². The van der Waals surface area contributed by atoms with Gasteiger partial charge in [-0.3, -0.25) is 9.78 Å². The normalized spacial score (nSPS) is 21.8. The fourth-order valence-corrected chi connectivity index (χ4v) is 6.47. The van der Waals surface area contributed by atoms with Gasteiger partial charge in [0.05, 0.1) is 24.5 Å². The number of aliphatic hydroxyl groups excluding tert-OH is 1. The molecule has 2 fully saturated rings. The Kier molecular flexibility index (Phi) is 10.3. The van der Waals surface area contributed by atoms with Crippen molar-refractivity contribution in [3.8, 4) is 11.6 Å². The zero-order valence-electron chi connectivity index (χ0n) is 26.3. The van der Waals surface area contributed by atoms with Gasteiger partial charge in [-0.25, -0.2) is 9.78 Å². The molecule has 1 amide bonds. The molecule has 2 aliphatic carbocycles. The minimum absolute atomic E-state index is 0.000602. The Morgan fingerprint density at radius 2 is 1.72 bits per heavy atom. The van der Waals surface area contributed by atoms with Crippen LogP contribution in [0.4, 0.5) is 18.9 Å². The molecule has 0 aliphatic heterocycles. The van der Waals surface area contributed by atoms with Crippen LogP contribution < -0.4 is 9.64 Å². The summed E-state index contributed by atoms with van der Waals surface area (Å²) in [7, 11) is 1.20. The molecule has 8 nitrogen and oxygen atoms in total. The summed E-state index contributed by atoms with van der Waals surface area (Å²) < 4.78 is 53.4. The first-order chi connectivity index (χ1) is 21.9. The number of rotatable bonds is 8.